The maximum absolute atomic E-state index is 12.3. The Morgan fingerprint density at radius 1 is 1.12 bits per heavy atom. The molecule has 26 heavy (non-hydrogen) atoms. The van der Waals surface area contributed by atoms with E-state index in [1.54, 1.807) is 48.5 Å². The third-order valence-corrected chi connectivity index (χ3v) is 4.18. The Hall–Kier alpha value is -2.30. The van der Waals surface area contributed by atoms with Crippen molar-refractivity contribution in [1.29, 1.82) is 0 Å². The van der Waals surface area contributed by atoms with E-state index < -0.39 is 0 Å². The highest BCUT2D eigenvalue weighted by atomic mass is 35.5. The van der Waals surface area contributed by atoms with Crippen LogP contribution in [-0.4, -0.2) is 18.4 Å². The van der Waals surface area contributed by atoms with E-state index in [2.05, 4.69) is 17.6 Å². The van der Waals surface area contributed by atoms with Gasteiger partial charge in [0.2, 0.25) is 5.91 Å². The van der Waals surface area contributed by atoms with Crippen LogP contribution in [0.25, 0.3) is 6.08 Å². The average Bonchev–Trinajstić information content (AvgIpc) is 2.61. The van der Waals surface area contributed by atoms with E-state index in [4.69, 9.17) is 23.2 Å². The van der Waals surface area contributed by atoms with Gasteiger partial charge in [0.25, 0.3) is 5.91 Å². The van der Waals surface area contributed by atoms with Crippen LogP contribution in [-0.2, 0) is 4.79 Å². The number of benzene rings is 2. The van der Waals surface area contributed by atoms with Crippen LogP contribution in [0.4, 0.5) is 5.69 Å². The van der Waals surface area contributed by atoms with E-state index in [1.807, 2.05) is 0 Å². The van der Waals surface area contributed by atoms with Gasteiger partial charge in [-0.3, -0.25) is 9.59 Å². The molecule has 0 unspecified atom stereocenters. The lowest BCUT2D eigenvalue weighted by atomic mass is 10.1. The normalized spacial score (nSPS) is 10.7. The maximum Gasteiger partial charge on any atom is 0.253 e. The summed E-state index contributed by atoms with van der Waals surface area (Å²) >= 11 is 11.9. The van der Waals surface area contributed by atoms with Gasteiger partial charge in [-0.1, -0.05) is 54.7 Å². The smallest absolute Gasteiger partial charge is 0.253 e. The molecule has 0 spiro atoms. The van der Waals surface area contributed by atoms with E-state index >= 15 is 0 Å². The van der Waals surface area contributed by atoms with Gasteiger partial charge in [-0.2, -0.15) is 0 Å². The Morgan fingerprint density at radius 3 is 2.62 bits per heavy atom. The van der Waals surface area contributed by atoms with Crippen molar-refractivity contribution in [3.05, 3.63) is 69.7 Å². The van der Waals surface area contributed by atoms with Crippen molar-refractivity contribution < 1.29 is 9.59 Å². The van der Waals surface area contributed by atoms with E-state index in [1.165, 1.54) is 6.08 Å². The van der Waals surface area contributed by atoms with Crippen LogP contribution < -0.4 is 10.6 Å². The standard InChI is InChI=1S/C20H20Cl2N2O2/c1-2-3-12-23-20(26)16-6-4-5-7-18(16)24-19(25)11-9-14-8-10-15(21)13-17(14)22/h4-11,13H,2-3,12H2,1H3,(H,23,26)(H,24,25)/b11-9+. The molecule has 0 aliphatic heterocycles. The Bertz CT molecular complexity index is 819. The first-order valence-corrected chi connectivity index (χ1v) is 9.08. The fraction of sp³-hybridized carbons (Fsp3) is 0.200. The summed E-state index contributed by atoms with van der Waals surface area (Å²) in [6.07, 6.45) is 4.86. The zero-order chi connectivity index (χ0) is 18.9. The Kier molecular flexibility index (Phi) is 7.70. The molecule has 0 aromatic heterocycles. The molecule has 136 valence electrons. The second-order valence-corrected chi connectivity index (χ2v) is 6.49. The Labute approximate surface area is 163 Å². The van der Waals surface area contributed by atoms with Gasteiger partial charge in [0.15, 0.2) is 0 Å². The minimum absolute atomic E-state index is 0.209. The highest BCUT2D eigenvalue weighted by molar-refractivity contribution is 6.35. The van der Waals surface area contributed by atoms with Gasteiger partial charge in [0.05, 0.1) is 11.3 Å². The fourth-order valence-electron chi connectivity index (χ4n) is 2.24. The molecule has 0 heterocycles. The van der Waals surface area contributed by atoms with E-state index in [-0.39, 0.29) is 11.8 Å². The van der Waals surface area contributed by atoms with Gasteiger partial charge in [0.1, 0.15) is 0 Å². The summed E-state index contributed by atoms with van der Waals surface area (Å²) in [4.78, 5) is 24.5. The van der Waals surface area contributed by atoms with Crippen molar-refractivity contribution in [2.45, 2.75) is 19.8 Å². The summed E-state index contributed by atoms with van der Waals surface area (Å²) in [6, 6.07) is 11.9. The fourth-order valence-corrected chi connectivity index (χ4v) is 2.71. The molecule has 2 rings (SSSR count). The Balaban J connectivity index is 2.07. The first-order valence-electron chi connectivity index (χ1n) is 8.32. The van der Waals surface area contributed by atoms with Crippen LogP contribution in [0.15, 0.2) is 48.5 Å². The molecule has 2 aromatic carbocycles. The number of carbonyl (C=O) groups excluding carboxylic acids is 2. The number of amides is 2. The van der Waals surface area contributed by atoms with Gasteiger partial charge in [-0.15, -0.1) is 0 Å². The van der Waals surface area contributed by atoms with Crippen molar-refractivity contribution in [2.75, 3.05) is 11.9 Å². The second kappa shape index (κ2) is 10.00. The molecule has 4 nitrogen and oxygen atoms in total. The number of unbranched alkanes of at least 4 members (excludes halogenated alkanes) is 1. The van der Waals surface area contributed by atoms with Crippen LogP contribution >= 0.6 is 23.2 Å². The van der Waals surface area contributed by atoms with Crippen LogP contribution in [0.3, 0.4) is 0 Å². The molecule has 0 saturated carbocycles. The van der Waals surface area contributed by atoms with Crippen molar-refractivity contribution in [3.63, 3.8) is 0 Å². The molecule has 0 aliphatic rings. The molecule has 6 heteroatoms. The van der Waals surface area contributed by atoms with Crippen LogP contribution in [0, 0.1) is 0 Å². The van der Waals surface area contributed by atoms with E-state index in [9.17, 15) is 9.59 Å². The summed E-state index contributed by atoms with van der Waals surface area (Å²) < 4.78 is 0. The summed E-state index contributed by atoms with van der Waals surface area (Å²) in [7, 11) is 0. The van der Waals surface area contributed by atoms with Crippen molar-refractivity contribution in [3.8, 4) is 0 Å². The van der Waals surface area contributed by atoms with Crippen LogP contribution in [0.2, 0.25) is 10.0 Å². The lowest BCUT2D eigenvalue weighted by molar-refractivity contribution is -0.111. The zero-order valence-corrected chi connectivity index (χ0v) is 15.9. The molecule has 0 atom stereocenters. The SMILES string of the molecule is CCCCNC(=O)c1ccccc1NC(=O)/C=C/c1ccc(Cl)cc1Cl. The molecule has 2 N–H and O–H groups in total. The van der Waals surface area contributed by atoms with Gasteiger partial charge in [-0.25, -0.2) is 0 Å². The lowest BCUT2D eigenvalue weighted by Gasteiger charge is -2.10. The van der Waals surface area contributed by atoms with Gasteiger partial charge in [0, 0.05) is 22.7 Å². The molecule has 0 saturated heterocycles. The van der Waals surface area contributed by atoms with E-state index in [0.717, 1.165) is 12.8 Å². The molecule has 2 aromatic rings. The minimum Gasteiger partial charge on any atom is -0.352 e. The number of halogens is 2. The van der Waals surface area contributed by atoms with Gasteiger partial charge < -0.3 is 10.6 Å². The average molecular weight is 391 g/mol. The topological polar surface area (TPSA) is 58.2 Å². The molecule has 0 bridgehead atoms. The highest BCUT2D eigenvalue weighted by Gasteiger charge is 2.11. The number of para-hydroxylation sites is 1. The first kappa shape index (κ1) is 20.0. The van der Waals surface area contributed by atoms with Crippen molar-refractivity contribution in [2.24, 2.45) is 0 Å². The second-order valence-electron chi connectivity index (χ2n) is 5.64. The highest BCUT2D eigenvalue weighted by Crippen LogP contribution is 2.22. The first-order chi connectivity index (χ1) is 12.5. The molecule has 0 aliphatic carbocycles. The monoisotopic (exact) mass is 390 g/mol. The lowest BCUT2D eigenvalue weighted by Crippen LogP contribution is -2.25. The molecular weight excluding hydrogens is 371 g/mol. The van der Waals surface area contributed by atoms with E-state index in [0.29, 0.717) is 33.4 Å². The molecular formula is C20H20Cl2N2O2. The number of anilines is 1. The number of hydrogen-bond acceptors (Lipinski definition) is 2. The predicted molar refractivity (Wildman–Crippen MR) is 108 cm³/mol. The third kappa shape index (κ3) is 5.90. The molecule has 0 radical (unpaired) electrons. The van der Waals surface area contributed by atoms with Crippen LogP contribution in [0.1, 0.15) is 35.7 Å². The molecule has 2 amide bonds. The van der Waals surface area contributed by atoms with Crippen molar-refractivity contribution in [1.82, 2.24) is 5.32 Å². The summed E-state index contributed by atoms with van der Waals surface area (Å²) in [5.74, 6) is -0.566. The third-order valence-electron chi connectivity index (χ3n) is 3.62. The minimum atomic E-state index is -0.357. The van der Waals surface area contributed by atoms with Gasteiger partial charge >= 0.3 is 0 Å². The quantitative estimate of drug-likeness (QED) is 0.505. The predicted octanol–water partition coefficient (Wildman–Crippen LogP) is 5.18. The molecule has 0 fully saturated rings. The van der Waals surface area contributed by atoms with Crippen LogP contribution in [0.5, 0.6) is 0 Å². The summed E-state index contributed by atoms with van der Waals surface area (Å²) in [6.45, 7) is 2.66. The maximum atomic E-state index is 12.3. The zero-order valence-electron chi connectivity index (χ0n) is 14.4. The van der Waals surface area contributed by atoms with Gasteiger partial charge in [-0.05, 0) is 42.3 Å². The summed E-state index contributed by atoms with van der Waals surface area (Å²) in [5, 5.41) is 6.56. The number of rotatable bonds is 7. The Morgan fingerprint density at radius 2 is 1.88 bits per heavy atom. The summed E-state index contributed by atoms with van der Waals surface area (Å²) in [5.41, 5.74) is 1.56. The van der Waals surface area contributed by atoms with Crippen molar-refractivity contribution >= 4 is 46.8 Å². The number of hydrogen-bond donors (Lipinski definition) is 2. The number of nitrogens with one attached hydrogen (secondary N) is 2. The number of carbonyl (C=O) groups is 2. The largest absolute Gasteiger partial charge is 0.352 e.